The van der Waals surface area contributed by atoms with Crippen molar-refractivity contribution in [1.82, 2.24) is 0 Å². The van der Waals surface area contributed by atoms with E-state index in [1.165, 1.54) is 0 Å². The Morgan fingerprint density at radius 2 is 1.00 bits per heavy atom. The lowest BCUT2D eigenvalue weighted by molar-refractivity contribution is 0.281. The quantitative estimate of drug-likeness (QED) is 0.152. The zero-order chi connectivity index (χ0) is 34.1. The summed E-state index contributed by atoms with van der Waals surface area (Å²) in [6.07, 6.45) is 0. The highest BCUT2D eigenvalue weighted by molar-refractivity contribution is 6.01. The Hall–Kier alpha value is -6.02. The van der Waals surface area contributed by atoms with E-state index in [1.807, 2.05) is 121 Å². The van der Waals surface area contributed by atoms with E-state index in [2.05, 4.69) is 62.0 Å². The average molecular weight is 639 g/mol. The first-order valence-electron chi connectivity index (χ1n) is 16.3. The van der Waals surface area contributed by atoms with Gasteiger partial charge in [0.2, 0.25) is 0 Å². The molecule has 0 aromatic heterocycles. The molecule has 0 atom stereocenters. The first-order valence-corrected chi connectivity index (χ1v) is 16.3. The Bertz CT molecular complexity index is 2000. The molecule has 0 unspecified atom stereocenters. The summed E-state index contributed by atoms with van der Waals surface area (Å²) in [6.45, 7) is 4.31. The highest BCUT2D eigenvalue weighted by atomic mass is 16.5. The summed E-state index contributed by atoms with van der Waals surface area (Å²) in [6, 6.07) is 52.5. The van der Waals surface area contributed by atoms with Crippen LogP contribution in [0.1, 0.15) is 52.8 Å². The lowest BCUT2D eigenvalue weighted by Crippen LogP contribution is -2.20. The molecular weight excluding hydrogens is 601 g/mol. The highest BCUT2D eigenvalue weighted by Gasteiger charge is 2.27. The molecule has 0 heterocycles. The van der Waals surface area contributed by atoms with E-state index < -0.39 is 5.41 Å². The molecule has 0 aliphatic heterocycles. The maximum absolute atomic E-state index is 10.5. The smallest absolute Gasteiger partial charge is 0.127 e. The number of benzene rings is 6. The minimum Gasteiger partial charge on any atom is -0.496 e. The van der Waals surface area contributed by atoms with E-state index >= 15 is 0 Å². The largest absolute Gasteiger partial charge is 0.496 e. The van der Waals surface area contributed by atoms with Crippen LogP contribution in [0, 0.1) is 0 Å². The minimum absolute atomic E-state index is 0.113. The Balaban J connectivity index is 1.50. The lowest BCUT2D eigenvalue weighted by atomic mass is 9.75. The molecule has 0 radical (unpaired) electrons. The number of methoxy groups -OCH3 is 1. The van der Waals surface area contributed by atoms with E-state index in [-0.39, 0.29) is 6.61 Å². The van der Waals surface area contributed by atoms with Crippen molar-refractivity contribution in [3.8, 4) is 5.75 Å². The molecule has 6 rings (SSSR count). The second-order valence-corrected chi connectivity index (χ2v) is 12.2. The zero-order valence-electron chi connectivity index (χ0n) is 28.0. The molecule has 0 spiro atoms. The van der Waals surface area contributed by atoms with Crippen molar-refractivity contribution < 1.29 is 9.84 Å². The Labute approximate surface area is 288 Å². The molecule has 49 heavy (non-hydrogen) atoms. The summed E-state index contributed by atoms with van der Waals surface area (Å²) in [5.41, 5.74) is 9.53. The van der Waals surface area contributed by atoms with Crippen LogP contribution in [-0.2, 0) is 12.0 Å². The summed E-state index contributed by atoms with van der Waals surface area (Å²) in [5, 5.41) is 10.5. The molecule has 0 amide bonds. The van der Waals surface area contributed by atoms with Crippen molar-refractivity contribution >= 4 is 34.3 Å². The molecule has 0 aliphatic carbocycles. The molecule has 0 saturated heterocycles. The van der Waals surface area contributed by atoms with E-state index in [1.54, 1.807) is 7.11 Å². The molecule has 6 aromatic rings. The molecule has 4 heteroatoms. The van der Waals surface area contributed by atoms with Crippen LogP contribution in [0.25, 0.3) is 11.1 Å². The number of rotatable bonds is 10. The van der Waals surface area contributed by atoms with Crippen LogP contribution in [-0.4, -0.2) is 24.0 Å². The fraction of sp³-hybridized carbons (Fsp3) is 0.111. The van der Waals surface area contributed by atoms with Gasteiger partial charge in [-0.15, -0.1) is 0 Å². The van der Waals surface area contributed by atoms with Crippen LogP contribution in [0.5, 0.6) is 5.75 Å². The fourth-order valence-corrected chi connectivity index (χ4v) is 5.81. The van der Waals surface area contributed by atoms with Gasteiger partial charge >= 0.3 is 0 Å². The van der Waals surface area contributed by atoms with Crippen molar-refractivity contribution in [2.75, 3.05) is 7.11 Å². The number of ether oxygens (including phenoxy) is 1. The predicted octanol–water partition coefficient (Wildman–Crippen LogP) is 10.4. The molecule has 240 valence electrons. The van der Waals surface area contributed by atoms with Crippen LogP contribution in [0.4, 0.5) is 11.4 Å². The molecule has 0 saturated carbocycles. The first-order chi connectivity index (χ1) is 24.0. The van der Waals surface area contributed by atoms with Gasteiger partial charge in [-0.2, -0.15) is 0 Å². The molecule has 0 bridgehead atoms. The topological polar surface area (TPSA) is 54.2 Å². The predicted molar refractivity (Wildman–Crippen MR) is 202 cm³/mol. The van der Waals surface area contributed by atoms with Gasteiger partial charge in [-0.05, 0) is 87.6 Å². The lowest BCUT2D eigenvalue weighted by Gasteiger charge is -2.28. The van der Waals surface area contributed by atoms with Crippen LogP contribution in [0.15, 0.2) is 168 Å². The van der Waals surface area contributed by atoms with Crippen molar-refractivity contribution in [2.24, 2.45) is 9.98 Å². The third-order valence-electron chi connectivity index (χ3n) is 8.69. The second-order valence-electron chi connectivity index (χ2n) is 12.2. The van der Waals surface area contributed by atoms with Gasteiger partial charge < -0.3 is 9.84 Å². The van der Waals surface area contributed by atoms with Gasteiger partial charge in [-0.3, -0.25) is 0 Å². The molecule has 4 nitrogen and oxygen atoms in total. The van der Waals surface area contributed by atoms with Crippen LogP contribution in [0.2, 0.25) is 0 Å². The van der Waals surface area contributed by atoms with Gasteiger partial charge in [0.25, 0.3) is 0 Å². The zero-order valence-corrected chi connectivity index (χ0v) is 28.0. The van der Waals surface area contributed by atoms with Gasteiger partial charge in [0.1, 0.15) is 5.75 Å². The number of hydrogen-bond acceptors (Lipinski definition) is 4. The number of nitrogens with zero attached hydrogens (tertiary/aromatic N) is 2. The van der Waals surface area contributed by atoms with Gasteiger partial charge in [-0.25, -0.2) is 9.98 Å². The Morgan fingerprint density at radius 1 is 0.571 bits per heavy atom. The van der Waals surface area contributed by atoms with Crippen molar-refractivity contribution in [3.05, 3.63) is 197 Å². The summed E-state index contributed by atoms with van der Waals surface area (Å²) in [4.78, 5) is 9.42. The van der Waals surface area contributed by atoms with E-state index in [0.717, 1.165) is 67.2 Å². The van der Waals surface area contributed by atoms with Crippen LogP contribution < -0.4 is 4.74 Å². The van der Waals surface area contributed by atoms with Gasteiger partial charge in [0.15, 0.2) is 0 Å². The minimum atomic E-state index is -0.444. The molecule has 0 aliphatic rings. The molecule has 1 N–H and O–H groups in total. The third-order valence-corrected chi connectivity index (χ3v) is 8.69. The average Bonchev–Trinajstić information content (AvgIpc) is 3.16. The van der Waals surface area contributed by atoms with Crippen molar-refractivity contribution in [1.29, 1.82) is 0 Å². The van der Waals surface area contributed by atoms with Gasteiger partial charge in [-0.1, -0.05) is 129 Å². The fourth-order valence-electron chi connectivity index (χ4n) is 5.81. The number of para-hydroxylation sites is 2. The Morgan fingerprint density at radius 3 is 1.47 bits per heavy atom. The first kappa shape index (κ1) is 32.9. The van der Waals surface area contributed by atoms with Crippen LogP contribution in [0.3, 0.4) is 0 Å². The third kappa shape index (κ3) is 7.60. The SMILES string of the molecule is COc1ccc(C(C)(C)c2ccc(CO)c(C(=C=Nc3ccccc3)c3ccccc3)c2)cc1C(=C=Nc1ccccc1)c1ccccc1. The summed E-state index contributed by atoms with van der Waals surface area (Å²) >= 11 is 0. The number of hydrogen-bond donors (Lipinski definition) is 1. The highest BCUT2D eigenvalue weighted by Crippen LogP contribution is 2.39. The van der Waals surface area contributed by atoms with E-state index in [0.29, 0.717) is 0 Å². The van der Waals surface area contributed by atoms with E-state index in [9.17, 15) is 5.11 Å². The molecule has 6 aromatic carbocycles. The van der Waals surface area contributed by atoms with Crippen LogP contribution >= 0.6 is 0 Å². The van der Waals surface area contributed by atoms with E-state index in [4.69, 9.17) is 14.7 Å². The number of aliphatic hydroxyl groups excluding tert-OH is 1. The standard InChI is InChI=1S/C45H38N2O2/c1-45(2,36-25-24-35(32-48)40(28-36)42(33-16-8-4-9-17-33)30-46-38-20-12-6-13-21-38)37-26-27-44(49-3)41(29-37)43(34-18-10-5-11-19-34)31-47-39-22-14-7-15-23-39/h4-29,48H,32H2,1-3H3. The monoisotopic (exact) mass is 638 g/mol. The normalized spacial score (nSPS) is 10.8. The summed E-state index contributed by atoms with van der Waals surface area (Å²) in [7, 11) is 1.69. The van der Waals surface area contributed by atoms with Crippen molar-refractivity contribution in [3.63, 3.8) is 0 Å². The molecular formula is C45H38N2O2. The van der Waals surface area contributed by atoms with Crippen molar-refractivity contribution in [2.45, 2.75) is 25.9 Å². The van der Waals surface area contributed by atoms with Gasteiger partial charge in [0, 0.05) is 11.0 Å². The summed E-state index contributed by atoms with van der Waals surface area (Å²) in [5.74, 6) is 7.43. The molecule has 0 fully saturated rings. The Kier molecular flexibility index (Phi) is 10.2. The maximum Gasteiger partial charge on any atom is 0.127 e. The number of aliphatic imine (C=N–C) groups is 2. The second kappa shape index (κ2) is 15.3. The summed E-state index contributed by atoms with van der Waals surface area (Å²) < 4.78 is 5.91. The van der Waals surface area contributed by atoms with Gasteiger partial charge in [0.05, 0.1) is 36.2 Å². The maximum atomic E-state index is 10.5. The number of aliphatic hydroxyl groups is 1.